The first-order valence-electron chi connectivity index (χ1n) is 17.1. The standard InChI is InChI=1S/C38H40O18/c1-50-22-11-16(3-9-20(22)41)4-10-26(43)52-15-25-31(46)32(47)34(49)38(55-25)56-37-33(48)30(45)24(13-39)54-36(37)28-23(51-2)12-21(42)27-29(44)19(14-53-35(27)28)17-5-7-18(40)8-6-17/h3-12,14,24-25,30-34,36-42,45-49H,13,15H2,1-2H3/t24-,25-,30-,31-,32+,33+,34-,36+,37-,38+/m1/s1. The molecule has 2 saturated heterocycles. The number of benzene rings is 3. The Hall–Kier alpha value is -5.28. The molecule has 2 fully saturated rings. The molecule has 300 valence electrons. The number of phenols is 3. The number of aliphatic hydroxyl groups excluding tert-OH is 6. The zero-order valence-electron chi connectivity index (χ0n) is 29.7. The molecule has 1 aromatic heterocycles. The molecule has 56 heavy (non-hydrogen) atoms. The molecule has 3 aromatic carbocycles. The minimum absolute atomic E-state index is 0.000869. The second-order valence-electron chi connectivity index (χ2n) is 13.0. The maximum absolute atomic E-state index is 13.8. The molecule has 4 aromatic rings. The van der Waals surface area contributed by atoms with E-state index in [2.05, 4.69) is 0 Å². The fraction of sp³-hybridized carbons (Fsp3) is 0.368. The predicted octanol–water partition coefficient (Wildman–Crippen LogP) is 0.197. The van der Waals surface area contributed by atoms with E-state index in [9.17, 15) is 55.5 Å². The van der Waals surface area contributed by atoms with Gasteiger partial charge in [-0.15, -0.1) is 0 Å². The Labute approximate surface area is 317 Å². The summed E-state index contributed by atoms with van der Waals surface area (Å²) in [6.07, 6.45) is -14.3. The molecular weight excluding hydrogens is 744 g/mol. The van der Waals surface area contributed by atoms with Crippen molar-refractivity contribution in [3.63, 3.8) is 0 Å². The Kier molecular flexibility index (Phi) is 12.1. The van der Waals surface area contributed by atoms with Crippen LogP contribution in [0.2, 0.25) is 0 Å². The predicted molar refractivity (Wildman–Crippen MR) is 191 cm³/mol. The topological polar surface area (TPSA) is 285 Å². The molecule has 6 rings (SSSR count). The van der Waals surface area contributed by atoms with Crippen molar-refractivity contribution in [2.45, 2.75) is 61.2 Å². The van der Waals surface area contributed by atoms with Crippen molar-refractivity contribution < 1.29 is 83.6 Å². The highest BCUT2D eigenvalue weighted by Crippen LogP contribution is 2.45. The van der Waals surface area contributed by atoms with Crippen LogP contribution in [-0.2, 0) is 23.7 Å². The minimum Gasteiger partial charge on any atom is -0.508 e. The first-order chi connectivity index (χ1) is 26.8. The average Bonchev–Trinajstić information content (AvgIpc) is 3.19. The van der Waals surface area contributed by atoms with Gasteiger partial charge in [0.1, 0.15) is 90.4 Å². The Morgan fingerprint density at radius 1 is 0.804 bits per heavy atom. The molecule has 18 nitrogen and oxygen atoms in total. The van der Waals surface area contributed by atoms with E-state index in [1.807, 2.05) is 0 Å². The Morgan fingerprint density at radius 3 is 2.18 bits per heavy atom. The number of rotatable bonds is 11. The van der Waals surface area contributed by atoms with Crippen LogP contribution in [0.5, 0.6) is 28.7 Å². The number of aliphatic hydroxyl groups is 6. The van der Waals surface area contributed by atoms with Gasteiger partial charge in [0.05, 0.1) is 32.0 Å². The second kappa shape index (κ2) is 16.8. The van der Waals surface area contributed by atoms with Crippen LogP contribution >= 0.6 is 0 Å². The lowest BCUT2D eigenvalue weighted by atomic mass is 9.89. The molecule has 9 N–H and O–H groups in total. The van der Waals surface area contributed by atoms with Crippen LogP contribution in [0.25, 0.3) is 28.2 Å². The van der Waals surface area contributed by atoms with Crippen molar-refractivity contribution in [3.8, 4) is 39.9 Å². The van der Waals surface area contributed by atoms with E-state index >= 15 is 0 Å². The number of hydrogen-bond donors (Lipinski definition) is 9. The Morgan fingerprint density at radius 2 is 1.50 bits per heavy atom. The number of fused-ring (bicyclic) bond motifs is 1. The summed E-state index contributed by atoms with van der Waals surface area (Å²) >= 11 is 0. The molecule has 2 aliphatic rings. The molecule has 18 heteroatoms. The van der Waals surface area contributed by atoms with E-state index in [1.54, 1.807) is 0 Å². The second-order valence-corrected chi connectivity index (χ2v) is 13.0. The number of phenolic OH excluding ortho intramolecular Hbond substituents is 3. The summed E-state index contributed by atoms with van der Waals surface area (Å²) in [4.78, 5) is 26.4. The smallest absolute Gasteiger partial charge is 0.330 e. The summed E-state index contributed by atoms with van der Waals surface area (Å²) in [5.41, 5.74) is -0.359. The molecule has 0 aliphatic carbocycles. The van der Waals surface area contributed by atoms with Crippen LogP contribution in [0.4, 0.5) is 0 Å². The van der Waals surface area contributed by atoms with E-state index in [-0.39, 0.29) is 45.1 Å². The van der Waals surface area contributed by atoms with Crippen molar-refractivity contribution in [1.29, 1.82) is 0 Å². The lowest BCUT2D eigenvalue weighted by molar-refractivity contribution is -0.342. The first-order valence-corrected chi connectivity index (χ1v) is 17.1. The van der Waals surface area contributed by atoms with Crippen molar-refractivity contribution in [3.05, 3.63) is 82.2 Å². The van der Waals surface area contributed by atoms with Crippen LogP contribution in [0.1, 0.15) is 17.2 Å². The number of carbonyl (C=O) groups is 1. The number of esters is 1. The van der Waals surface area contributed by atoms with E-state index < -0.39 is 91.6 Å². The van der Waals surface area contributed by atoms with E-state index in [1.165, 1.54) is 62.8 Å². The number of methoxy groups -OCH3 is 2. The molecule has 3 heterocycles. The molecule has 0 unspecified atom stereocenters. The normalized spacial score (nSPS) is 28.0. The Balaban J connectivity index is 1.30. The van der Waals surface area contributed by atoms with Crippen LogP contribution in [0, 0.1) is 0 Å². The summed E-state index contributed by atoms with van der Waals surface area (Å²) in [6.45, 7) is -1.48. The van der Waals surface area contributed by atoms with Crippen molar-refractivity contribution in [2.75, 3.05) is 27.4 Å². The number of carbonyl (C=O) groups excluding carboxylic acids is 1. The summed E-state index contributed by atoms with van der Waals surface area (Å²) in [5, 5.41) is 94.9. The molecule has 0 radical (unpaired) electrons. The summed E-state index contributed by atoms with van der Waals surface area (Å²) in [6, 6.07) is 11.0. The van der Waals surface area contributed by atoms with Gasteiger partial charge in [-0.25, -0.2) is 4.79 Å². The first kappa shape index (κ1) is 40.4. The van der Waals surface area contributed by atoms with Gasteiger partial charge in [-0.2, -0.15) is 0 Å². The van der Waals surface area contributed by atoms with Gasteiger partial charge in [-0.05, 0) is 41.5 Å². The molecule has 0 bridgehead atoms. The highest BCUT2D eigenvalue weighted by molar-refractivity contribution is 5.91. The zero-order chi connectivity index (χ0) is 40.4. The van der Waals surface area contributed by atoms with Gasteiger partial charge in [0.25, 0.3) is 0 Å². The fourth-order valence-electron chi connectivity index (χ4n) is 6.53. The lowest BCUT2D eigenvalue weighted by Gasteiger charge is -2.46. The van der Waals surface area contributed by atoms with Gasteiger partial charge in [-0.3, -0.25) is 4.79 Å². The summed E-state index contributed by atoms with van der Waals surface area (Å²) in [5.74, 6) is -1.64. The molecule has 0 amide bonds. The van der Waals surface area contributed by atoms with Crippen molar-refractivity contribution in [2.24, 2.45) is 0 Å². The number of hydrogen-bond acceptors (Lipinski definition) is 18. The average molecular weight is 785 g/mol. The van der Waals surface area contributed by atoms with E-state index in [4.69, 9.17) is 32.8 Å². The van der Waals surface area contributed by atoms with Gasteiger partial charge >= 0.3 is 5.97 Å². The number of aromatic hydroxyl groups is 3. The van der Waals surface area contributed by atoms with E-state index in [0.29, 0.717) is 11.1 Å². The third-order valence-corrected chi connectivity index (χ3v) is 9.54. The maximum atomic E-state index is 13.8. The zero-order valence-corrected chi connectivity index (χ0v) is 29.7. The quantitative estimate of drug-likeness (QED) is 0.0725. The summed E-state index contributed by atoms with van der Waals surface area (Å²) < 4.78 is 39.4. The van der Waals surface area contributed by atoms with Gasteiger partial charge < -0.3 is 78.8 Å². The van der Waals surface area contributed by atoms with Crippen LogP contribution < -0.4 is 14.9 Å². The van der Waals surface area contributed by atoms with Crippen LogP contribution in [0.3, 0.4) is 0 Å². The van der Waals surface area contributed by atoms with E-state index in [0.717, 1.165) is 18.4 Å². The van der Waals surface area contributed by atoms with Crippen molar-refractivity contribution in [1.82, 2.24) is 0 Å². The number of ether oxygens (including phenoxy) is 6. The summed E-state index contributed by atoms with van der Waals surface area (Å²) in [7, 11) is 2.57. The SMILES string of the molecule is COc1cc(C=CC(=O)OC[C@H]2O[C@@H](O[C@@H]3[C@@H](O)[C@H](O)[C@@H](CO)O[C@H]3c3c(OC)cc(O)c4c(=O)c(-c5ccc(O)cc5)coc34)[C@H](O)[C@@H](O)[C@@H]2O)ccc1O. The maximum Gasteiger partial charge on any atom is 0.330 e. The van der Waals surface area contributed by atoms with Crippen LogP contribution in [0.15, 0.2) is 70.1 Å². The molecule has 0 spiro atoms. The third kappa shape index (κ3) is 7.87. The van der Waals surface area contributed by atoms with Gasteiger partial charge in [0.2, 0.25) is 5.43 Å². The molecular formula is C38H40O18. The van der Waals surface area contributed by atoms with Gasteiger partial charge in [0, 0.05) is 12.1 Å². The third-order valence-electron chi connectivity index (χ3n) is 9.54. The largest absolute Gasteiger partial charge is 0.508 e. The monoisotopic (exact) mass is 784 g/mol. The highest BCUT2D eigenvalue weighted by Gasteiger charge is 2.52. The molecule has 0 saturated carbocycles. The molecule has 2 aliphatic heterocycles. The van der Waals surface area contributed by atoms with Crippen LogP contribution in [-0.4, -0.2) is 134 Å². The minimum atomic E-state index is -1.99. The highest BCUT2D eigenvalue weighted by atomic mass is 16.7. The van der Waals surface area contributed by atoms with Crippen molar-refractivity contribution >= 4 is 23.0 Å². The lowest BCUT2D eigenvalue weighted by Crippen LogP contribution is -2.63. The van der Waals surface area contributed by atoms with Gasteiger partial charge in [0.15, 0.2) is 23.4 Å². The van der Waals surface area contributed by atoms with Gasteiger partial charge in [-0.1, -0.05) is 18.2 Å². The Bertz CT molecular complexity index is 2110. The molecule has 10 atom stereocenters. The fourth-order valence-corrected chi connectivity index (χ4v) is 6.53.